The molecule has 1 aromatic heterocycles. The van der Waals surface area contributed by atoms with Gasteiger partial charge in [-0.25, -0.2) is 4.79 Å². The molecule has 5 rings (SSSR count). The number of aliphatic carboxylic acids is 1. The molecule has 3 aliphatic heterocycles. The van der Waals surface area contributed by atoms with Crippen molar-refractivity contribution in [2.24, 2.45) is 11.3 Å². The highest BCUT2D eigenvalue weighted by Crippen LogP contribution is 2.36. The zero-order valence-electron chi connectivity index (χ0n) is 24.1. The number of rotatable bonds is 10. The summed E-state index contributed by atoms with van der Waals surface area (Å²) in [6.45, 7) is 10.5. The van der Waals surface area contributed by atoms with Crippen molar-refractivity contribution >= 4 is 17.7 Å². The van der Waals surface area contributed by atoms with Crippen molar-refractivity contribution in [1.29, 1.82) is 0 Å². The van der Waals surface area contributed by atoms with E-state index in [0.29, 0.717) is 26.2 Å². The number of methoxy groups -OCH3 is 1. The average molecular weight is 550 g/mol. The molecule has 216 valence electrons. The number of nitrogens with zero attached hydrogens (tertiary/aromatic N) is 5. The van der Waals surface area contributed by atoms with E-state index in [2.05, 4.69) is 45.1 Å². The van der Waals surface area contributed by atoms with Crippen LogP contribution in [0.4, 0.5) is 10.5 Å². The Bertz CT molecular complexity index is 1180. The van der Waals surface area contributed by atoms with Crippen LogP contribution in [0.3, 0.4) is 0 Å². The average Bonchev–Trinajstić information content (AvgIpc) is 3.31. The molecule has 9 heteroatoms. The summed E-state index contributed by atoms with van der Waals surface area (Å²) in [4.78, 5) is 38.0. The number of carboxylic acid groups (broad SMARTS) is 1. The molecule has 0 unspecified atom stereocenters. The number of aromatic nitrogens is 1. The number of pyridine rings is 1. The first-order valence-electron chi connectivity index (χ1n) is 14.5. The van der Waals surface area contributed by atoms with E-state index in [1.54, 1.807) is 7.11 Å². The fourth-order valence-electron chi connectivity index (χ4n) is 6.33. The molecule has 1 aromatic carbocycles. The molecule has 2 saturated heterocycles. The molecule has 0 radical (unpaired) electrons. The Kier molecular flexibility index (Phi) is 8.61. The summed E-state index contributed by atoms with van der Waals surface area (Å²) in [5, 5.41) is 9.55. The second-order valence-corrected chi connectivity index (χ2v) is 12.1. The minimum Gasteiger partial charge on any atom is -0.481 e. The summed E-state index contributed by atoms with van der Waals surface area (Å²) in [7, 11) is 1.74. The zero-order chi connectivity index (χ0) is 28.3. The number of fused-ring (bicyclic) bond motifs is 1. The summed E-state index contributed by atoms with van der Waals surface area (Å²) >= 11 is 0. The molecule has 2 aromatic rings. The minimum absolute atomic E-state index is 0.0308. The second-order valence-electron chi connectivity index (χ2n) is 12.1. The van der Waals surface area contributed by atoms with Gasteiger partial charge in [-0.15, -0.1) is 0 Å². The topological polar surface area (TPSA) is 89.5 Å². The van der Waals surface area contributed by atoms with E-state index < -0.39 is 11.4 Å². The van der Waals surface area contributed by atoms with Crippen molar-refractivity contribution in [2.45, 2.75) is 52.3 Å². The summed E-state index contributed by atoms with van der Waals surface area (Å²) < 4.78 is 5.81. The first-order valence-corrected chi connectivity index (χ1v) is 14.5. The Morgan fingerprint density at radius 1 is 1.02 bits per heavy atom. The molecule has 1 N–H and O–H groups in total. The highest BCUT2D eigenvalue weighted by molar-refractivity contribution is 5.76. The maximum Gasteiger partial charge on any atom is 0.320 e. The van der Waals surface area contributed by atoms with Crippen LogP contribution in [-0.4, -0.2) is 95.8 Å². The molecule has 4 heterocycles. The molecule has 9 nitrogen and oxygen atoms in total. The van der Waals surface area contributed by atoms with Gasteiger partial charge in [-0.3, -0.25) is 14.7 Å². The van der Waals surface area contributed by atoms with Gasteiger partial charge in [-0.05, 0) is 62.3 Å². The Morgan fingerprint density at radius 3 is 2.42 bits per heavy atom. The van der Waals surface area contributed by atoms with Crippen molar-refractivity contribution in [3.8, 4) is 0 Å². The zero-order valence-corrected chi connectivity index (χ0v) is 24.1. The Balaban J connectivity index is 1.09. The molecule has 0 bridgehead atoms. The van der Waals surface area contributed by atoms with E-state index >= 15 is 0 Å². The van der Waals surface area contributed by atoms with Crippen LogP contribution in [-0.2, 0) is 29.0 Å². The maximum atomic E-state index is 13.2. The van der Waals surface area contributed by atoms with E-state index in [-0.39, 0.29) is 18.1 Å². The summed E-state index contributed by atoms with van der Waals surface area (Å²) in [5.74, 6) is -0.551. The maximum absolute atomic E-state index is 13.2. The van der Waals surface area contributed by atoms with Crippen LogP contribution in [0.2, 0.25) is 0 Å². The number of ether oxygens (including phenoxy) is 1. The minimum atomic E-state index is -0.724. The molecule has 0 saturated carbocycles. The SMILES string of the molecule is CO[C@H](CN1CCc2ccccc2C1)CN1CCN(Cc2ccc(N3CCC(C(C)(C)C(=O)O)CC3)cn2)C1=O. The van der Waals surface area contributed by atoms with Crippen molar-refractivity contribution < 1.29 is 19.4 Å². The van der Waals surface area contributed by atoms with Crippen LogP contribution >= 0.6 is 0 Å². The van der Waals surface area contributed by atoms with Crippen LogP contribution < -0.4 is 4.90 Å². The number of piperidine rings is 1. The van der Waals surface area contributed by atoms with Crippen LogP contribution in [0.15, 0.2) is 42.6 Å². The van der Waals surface area contributed by atoms with Gasteiger partial charge in [0.2, 0.25) is 0 Å². The van der Waals surface area contributed by atoms with Gasteiger partial charge in [0.25, 0.3) is 0 Å². The number of hydrogen-bond donors (Lipinski definition) is 1. The number of urea groups is 1. The van der Waals surface area contributed by atoms with Crippen molar-refractivity contribution in [2.75, 3.05) is 57.8 Å². The largest absolute Gasteiger partial charge is 0.481 e. The van der Waals surface area contributed by atoms with E-state index in [0.717, 1.165) is 63.4 Å². The molecular weight excluding hydrogens is 506 g/mol. The predicted octanol–water partition coefficient (Wildman–Crippen LogP) is 3.72. The molecule has 2 fully saturated rings. The van der Waals surface area contributed by atoms with Gasteiger partial charge in [-0.2, -0.15) is 0 Å². The lowest BCUT2D eigenvalue weighted by molar-refractivity contribution is -0.150. The van der Waals surface area contributed by atoms with Gasteiger partial charge >= 0.3 is 12.0 Å². The third-order valence-electron chi connectivity index (χ3n) is 9.20. The molecule has 0 aliphatic carbocycles. The van der Waals surface area contributed by atoms with Gasteiger partial charge < -0.3 is 24.5 Å². The molecule has 2 amide bonds. The van der Waals surface area contributed by atoms with Crippen LogP contribution in [0.5, 0.6) is 0 Å². The van der Waals surface area contributed by atoms with Crippen LogP contribution in [0.1, 0.15) is 43.5 Å². The van der Waals surface area contributed by atoms with Crippen molar-refractivity contribution in [1.82, 2.24) is 19.7 Å². The Labute approximate surface area is 237 Å². The number of hydrogen-bond acceptors (Lipinski definition) is 6. The second kappa shape index (κ2) is 12.1. The lowest BCUT2D eigenvalue weighted by Crippen LogP contribution is -2.44. The number of carboxylic acids is 1. The molecular formula is C31H43N5O4. The summed E-state index contributed by atoms with van der Waals surface area (Å²) in [5.41, 5.74) is 4.04. The van der Waals surface area contributed by atoms with Crippen molar-refractivity contribution in [3.05, 3.63) is 59.4 Å². The third kappa shape index (κ3) is 6.25. The quantitative estimate of drug-likeness (QED) is 0.483. The molecule has 40 heavy (non-hydrogen) atoms. The molecule has 0 spiro atoms. The van der Waals surface area contributed by atoms with Crippen LogP contribution in [0, 0.1) is 11.3 Å². The van der Waals surface area contributed by atoms with E-state index in [1.807, 2.05) is 35.9 Å². The number of benzene rings is 1. The lowest BCUT2D eigenvalue weighted by atomic mass is 9.73. The van der Waals surface area contributed by atoms with Gasteiger partial charge in [0.15, 0.2) is 0 Å². The standard InChI is InChI=1S/C31H43N5O4/c1-31(2,29(37)38)25-11-14-34(15-12-25)27-9-8-26(32-18-27)20-35-16-17-36(30(35)39)22-28(40-3)21-33-13-10-23-6-4-5-7-24(23)19-33/h4-9,18,25,28H,10-17,19-22H2,1-3H3,(H,37,38)/t28-/m1/s1. The molecule has 3 aliphatic rings. The lowest BCUT2D eigenvalue weighted by Gasteiger charge is -2.39. The first-order chi connectivity index (χ1) is 19.2. The number of anilines is 1. The monoisotopic (exact) mass is 549 g/mol. The first kappa shape index (κ1) is 28.4. The van der Waals surface area contributed by atoms with E-state index in [1.165, 1.54) is 11.1 Å². The van der Waals surface area contributed by atoms with Gasteiger partial charge in [0.1, 0.15) is 0 Å². The van der Waals surface area contributed by atoms with E-state index in [9.17, 15) is 14.7 Å². The van der Waals surface area contributed by atoms with Crippen molar-refractivity contribution in [3.63, 3.8) is 0 Å². The fourth-order valence-corrected chi connectivity index (χ4v) is 6.33. The van der Waals surface area contributed by atoms with Gasteiger partial charge in [0, 0.05) is 59.5 Å². The Hall–Kier alpha value is -3.17. The summed E-state index contributed by atoms with van der Waals surface area (Å²) in [6, 6.07) is 12.7. The third-order valence-corrected chi connectivity index (χ3v) is 9.20. The number of carbonyl (C=O) groups excluding carboxylic acids is 1. The number of amides is 2. The van der Waals surface area contributed by atoms with Gasteiger partial charge in [0.05, 0.1) is 35.6 Å². The fraction of sp³-hybridized carbons (Fsp3) is 0.581. The Morgan fingerprint density at radius 2 is 1.75 bits per heavy atom. The smallest absolute Gasteiger partial charge is 0.320 e. The normalized spacial score (nSPS) is 19.7. The van der Waals surface area contributed by atoms with Crippen LogP contribution in [0.25, 0.3) is 0 Å². The number of carbonyl (C=O) groups is 2. The predicted molar refractivity (Wildman–Crippen MR) is 154 cm³/mol. The van der Waals surface area contributed by atoms with E-state index in [4.69, 9.17) is 4.74 Å². The molecule has 1 atom stereocenters. The van der Waals surface area contributed by atoms with Gasteiger partial charge in [-0.1, -0.05) is 24.3 Å². The summed E-state index contributed by atoms with van der Waals surface area (Å²) in [6.07, 6.45) is 4.61. The highest BCUT2D eigenvalue weighted by atomic mass is 16.5. The highest BCUT2D eigenvalue weighted by Gasteiger charge is 2.38.